The third kappa shape index (κ3) is 49.0. The Hall–Kier alpha value is -1.62. The maximum Gasteiger partial charge on any atom is 0.306 e. The molecule has 0 saturated carbocycles. The van der Waals surface area contributed by atoms with Crippen molar-refractivity contribution >= 4 is 11.9 Å². The van der Waals surface area contributed by atoms with E-state index < -0.39 is 6.10 Å². The van der Waals surface area contributed by atoms with Crippen LogP contribution in [0.25, 0.3) is 0 Å². The fourth-order valence-electron chi connectivity index (χ4n) is 7.95. The van der Waals surface area contributed by atoms with Crippen LogP contribution in [0.1, 0.15) is 290 Å². The van der Waals surface area contributed by atoms with Gasteiger partial charge in [-0.1, -0.05) is 251 Å². The molecule has 60 heavy (non-hydrogen) atoms. The number of hydrogen-bond donors (Lipinski definition) is 0. The zero-order valence-corrected chi connectivity index (χ0v) is 40.7. The van der Waals surface area contributed by atoms with Crippen molar-refractivity contribution in [2.24, 2.45) is 0 Å². The van der Waals surface area contributed by atoms with E-state index in [1.54, 1.807) is 0 Å². The first-order valence-electron chi connectivity index (χ1n) is 26.9. The van der Waals surface area contributed by atoms with Gasteiger partial charge in [0, 0.05) is 19.4 Å². The van der Waals surface area contributed by atoms with Crippen molar-refractivity contribution < 1.29 is 23.8 Å². The average molecular weight is 845 g/mol. The average Bonchev–Trinajstić information content (AvgIpc) is 3.25. The van der Waals surface area contributed by atoms with Crippen molar-refractivity contribution in [3.05, 3.63) is 24.3 Å². The van der Waals surface area contributed by atoms with Gasteiger partial charge < -0.3 is 14.2 Å². The Bertz CT molecular complexity index is 913. The van der Waals surface area contributed by atoms with E-state index in [0.29, 0.717) is 26.1 Å². The molecule has 0 bridgehead atoms. The van der Waals surface area contributed by atoms with E-state index in [1.165, 1.54) is 205 Å². The molecule has 0 aliphatic rings. The molecular weight excluding hydrogens is 741 g/mol. The maximum absolute atomic E-state index is 12.8. The third-order valence-corrected chi connectivity index (χ3v) is 12.0. The molecule has 5 nitrogen and oxygen atoms in total. The normalized spacial score (nSPS) is 12.2. The Balaban J connectivity index is 4.23. The number of ether oxygens (including phenoxy) is 3. The van der Waals surface area contributed by atoms with Gasteiger partial charge in [0.15, 0.2) is 6.10 Å². The summed E-state index contributed by atoms with van der Waals surface area (Å²) in [6, 6.07) is 0. The van der Waals surface area contributed by atoms with E-state index in [9.17, 15) is 9.59 Å². The smallest absolute Gasteiger partial charge is 0.306 e. The fraction of sp³-hybridized carbons (Fsp3) is 0.891. The number of rotatable bonds is 50. The van der Waals surface area contributed by atoms with E-state index in [0.717, 1.165) is 51.4 Å². The molecule has 0 radical (unpaired) electrons. The minimum absolute atomic E-state index is 0.0857. The topological polar surface area (TPSA) is 61.8 Å². The molecule has 0 aromatic carbocycles. The van der Waals surface area contributed by atoms with Crippen molar-refractivity contribution in [1.29, 1.82) is 0 Å². The zero-order valence-electron chi connectivity index (χ0n) is 40.7. The Morgan fingerprint density at radius 1 is 0.367 bits per heavy atom. The van der Waals surface area contributed by atoms with Crippen molar-refractivity contribution in [3.63, 3.8) is 0 Å². The zero-order chi connectivity index (χ0) is 43.5. The van der Waals surface area contributed by atoms with Crippen LogP contribution in [0.15, 0.2) is 24.3 Å². The highest BCUT2D eigenvalue weighted by Crippen LogP contribution is 2.16. The van der Waals surface area contributed by atoms with E-state index in [4.69, 9.17) is 14.2 Å². The maximum atomic E-state index is 12.8. The highest BCUT2D eigenvalue weighted by atomic mass is 16.6. The standard InChI is InChI=1S/C55H104O5/c1-4-7-10-13-16-19-22-25-27-29-32-35-38-41-44-47-50-58-51-53(60-55(57)49-46-43-40-37-34-30-24-21-18-15-12-9-6-3)52-59-54(56)48-45-42-39-36-33-31-28-26-23-20-17-14-11-8-5-2/h17,20,26,28,53H,4-16,18-19,21-25,27,29-52H2,1-3H3/b20-17-,28-26-/t53-/m1/s1. The lowest BCUT2D eigenvalue weighted by atomic mass is 10.0. The molecule has 0 rings (SSSR count). The van der Waals surface area contributed by atoms with Crippen LogP contribution in [-0.2, 0) is 23.8 Å². The van der Waals surface area contributed by atoms with Crippen LogP contribution in [0.2, 0.25) is 0 Å². The first kappa shape index (κ1) is 58.4. The Morgan fingerprint density at radius 2 is 0.700 bits per heavy atom. The van der Waals surface area contributed by atoms with E-state index in [-0.39, 0.29) is 18.5 Å². The third-order valence-electron chi connectivity index (χ3n) is 12.0. The quantitative estimate of drug-likeness (QED) is 0.0347. The van der Waals surface area contributed by atoms with Gasteiger partial charge in [-0.05, 0) is 51.4 Å². The van der Waals surface area contributed by atoms with Crippen molar-refractivity contribution in [1.82, 2.24) is 0 Å². The van der Waals surface area contributed by atoms with E-state index >= 15 is 0 Å². The van der Waals surface area contributed by atoms with Crippen LogP contribution in [0.5, 0.6) is 0 Å². The van der Waals surface area contributed by atoms with Gasteiger partial charge in [0.05, 0.1) is 6.61 Å². The first-order valence-corrected chi connectivity index (χ1v) is 26.9. The molecule has 5 heteroatoms. The summed E-state index contributed by atoms with van der Waals surface area (Å²) in [4.78, 5) is 25.4. The second kappa shape index (κ2) is 51.7. The van der Waals surface area contributed by atoms with Gasteiger partial charge in [-0.3, -0.25) is 9.59 Å². The summed E-state index contributed by atoms with van der Waals surface area (Å²) < 4.78 is 17.4. The highest BCUT2D eigenvalue weighted by molar-refractivity contribution is 5.70. The molecule has 0 amide bonds. The highest BCUT2D eigenvalue weighted by Gasteiger charge is 2.17. The molecule has 0 fully saturated rings. The van der Waals surface area contributed by atoms with Gasteiger partial charge >= 0.3 is 11.9 Å². The van der Waals surface area contributed by atoms with E-state index in [1.807, 2.05) is 0 Å². The van der Waals surface area contributed by atoms with Crippen molar-refractivity contribution in [3.8, 4) is 0 Å². The second-order valence-electron chi connectivity index (χ2n) is 18.1. The van der Waals surface area contributed by atoms with Crippen molar-refractivity contribution in [2.75, 3.05) is 19.8 Å². The molecule has 0 spiro atoms. The van der Waals surface area contributed by atoms with Crippen LogP contribution >= 0.6 is 0 Å². The Kier molecular flexibility index (Phi) is 50.3. The molecule has 1 atom stereocenters. The summed E-state index contributed by atoms with van der Waals surface area (Å²) in [6.07, 6.45) is 60.4. The summed E-state index contributed by atoms with van der Waals surface area (Å²) in [7, 11) is 0. The Morgan fingerprint density at radius 3 is 1.13 bits per heavy atom. The number of esters is 2. The minimum atomic E-state index is -0.533. The van der Waals surface area contributed by atoms with E-state index in [2.05, 4.69) is 45.1 Å². The summed E-state index contributed by atoms with van der Waals surface area (Å²) in [6.45, 7) is 7.85. The van der Waals surface area contributed by atoms with Crippen molar-refractivity contribution in [2.45, 2.75) is 297 Å². The van der Waals surface area contributed by atoms with Crippen LogP contribution in [0.3, 0.4) is 0 Å². The predicted octanol–water partition coefficient (Wildman–Crippen LogP) is 18.0. The molecular formula is C55H104O5. The van der Waals surface area contributed by atoms with Crippen LogP contribution in [0.4, 0.5) is 0 Å². The molecule has 0 aliphatic carbocycles. The van der Waals surface area contributed by atoms with Gasteiger partial charge in [0.2, 0.25) is 0 Å². The fourth-order valence-corrected chi connectivity index (χ4v) is 7.95. The molecule has 0 saturated heterocycles. The summed E-state index contributed by atoms with van der Waals surface area (Å²) in [5, 5.41) is 0. The minimum Gasteiger partial charge on any atom is -0.462 e. The molecule has 0 aromatic heterocycles. The monoisotopic (exact) mass is 845 g/mol. The summed E-state index contributed by atoms with van der Waals surface area (Å²) in [5.41, 5.74) is 0. The summed E-state index contributed by atoms with van der Waals surface area (Å²) >= 11 is 0. The van der Waals surface area contributed by atoms with Gasteiger partial charge in [0.1, 0.15) is 6.61 Å². The first-order chi connectivity index (χ1) is 29.6. The Labute approximate surface area is 375 Å². The number of carbonyl (C=O) groups is 2. The second-order valence-corrected chi connectivity index (χ2v) is 18.1. The molecule has 0 aromatic rings. The molecule has 0 unspecified atom stereocenters. The lowest BCUT2D eigenvalue weighted by Gasteiger charge is -2.18. The SMILES string of the molecule is CCCCC/C=C\C/C=C\CCCCCCCC(=O)OC[C@@H](COCCCCCCCCCCCCCCCCCC)OC(=O)CCCCCCCCCCCCCCC. The van der Waals surface area contributed by atoms with Crippen LogP contribution < -0.4 is 0 Å². The van der Waals surface area contributed by atoms with Crippen LogP contribution in [-0.4, -0.2) is 37.9 Å². The van der Waals surface area contributed by atoms with Gasteiger partial charge in [0.25, 0.3) is 0 Å². The van der Waals surface area contributed by atoms with Gasteiger partial charge in [-0.2, -0.15) is 0 Å². The lowest BCUT2D eigenvalue weighted by Crippen LogP contribution is -2.30. The number of unbranched alkanes of at least 4 members (excludes halogenated alkanes) is 35. The molecule has 0 N–H and O–H groups in total. The lowest BCUT2D eigenvalue weighted by molar-refractivity contribution is -0.163. The van der Waals surface area contributed by atoms with Gasteiger partial charge in [-0.15, -0.1) is 0 Å². The predicted molar refractivity (Wildman–Crippen MR) is 261 cm³/mol. The summed E-state index contributed by atoms with van der Waals surface area (Å²) in [5.74, 6) is -0.394. The largest absolute Gasteiger partial charge is 0.462 e. The number of allylic oxidation sites excluding steroid dienone is 4. The number of hydrogen-bond acceptors (Lipinski definition) is 5. The molecule has 0 aliphatic heterocycles. The van der Waals surface area contributed by atoms with Crippen LogP contribution in [0, 0.1) is 0 Å². The number of carbonyl (C=O) groups excluding carboxylic acids is 2. The molecule has 354 valence electrons. The molecule has 0 heterocycles. The van der Waals surface area contributed by atoms with Gasteiger partial charge in [-0.25, -0.2) is 0 Å².